The lowest BCUT2D eigenvalue weighted by Gasteiger charge is -2.29. The van der Waals surface area contributed by atoms with E-state index >= 15 is 0 Å². The Bertz CT molecular complexity index is 1120. The number of aryl methyl sites for hydroxylation is 1. The van der Waals surface area contributed by atoms with Gasteiger partial charge in [-0.2, -0.15) is 5.10 Å². The van der Waals surface area contributed by atoms with Crippen LogP contribution in [0, 0.1) is 0 Å². The largest absolute Gasteiger partial charge is 0.312 e. The molecular formula is C25H25N3O2. The van der Waals surface area contributed by atoms with Gasteiger partial charge in [0.1, 0.15) is 0 Å². The first-order chi connectivity index (χ1) is 14.6. The predicted molar refractivity (Wildman–Crippen MR) is 121 cm³/mol. The normalized spacial score (nSPS) is 13.8. The lowest BCUT2D eigenvalue weighted by Crippen LogP contribution is -2.36. The van der Waals surface area contributed by atoms with Crippen LogP contribution in [-0.2, 0) is 16.0 Å². The molecule has 1 aliphatic rings. The number of hydrogen-bond acceptors (Lipinski definition) is 3. The summed E-state index contributed by atoms with van der Waals surface area (Å²) in [5, 5.41) is 6.51. The Hall–Kier alpha value is -3.47. The van der Waals surface area contributed by atoms with Crippen LogP contribution in [-0.4, -0.2) is 24.1 Å². The number of hydrogen-bond donors (Lipinski definition) is 1. The lowest BCUT2D eigenvalue weighted by atomic mass is 10.0. The molecule has 0 unspecified atom stereocenters. The van der Waals surface area contributed by atoms with Crippen molar-refractivity contribution < 1.29 is 9.59 Å². The summed E-state index contributed by atoms with van der Waals surface area (Å²) in [6.07, 6.45) is 2.23. The minimum absolute atomic E-state index is 0.0208. The summed E-state index contributed by atoms with van der Waals surface area (Å²) in [7, 11) is 0. The first-order valence-corrected chi connectivity index (χ1v) is 10.3. The molecule has 1 N–H and O–H groups in total. The highest BCUT2D eigenvalue weighted by molar-refractivity contribution is 6.02. The van der Waals surface area contributed by atoms with Crippen molar-refractivity contribution in [2.24, 2.45) is 5.10 Å². The van der Waals surface area contributed by atoms with Gasteiger partial charge in [-0.15, -0.1) is 0 Å². The molecule has 3 aromatic carbocycles. The van der Waals surface area contributed by atoms with Crippen LogP contribution in [0.4, 0.5) is 5.69 Å². The minimum Gasteiger partial charge on any atom is -0.312 e. The van der Waals surface area contributed by atoms with Crippen molar-refractivity contribution in [3.63, 3.8) is 0 Å². The van der Waals surface area contributed by atoms with E-state index in [0.29, 0.717) is 6.54 Å². The summed E-state index contributed by atoms with van der Waals surface area (Å²) in [4.78, 5) is 26.7. The Labute approximate surface area is 176 Å². The fourth-order valence-electron chi connectivity index (χ4n) is 3.83. The van der Waals surface area contributed by atoms with Gasteiger partial charge in [-0.1, -0.05) is 54.6 Å². The van der Waals surface area contributed by atoms with E-state index < -0.39 is 0 Å². The predicted octanol–water partition coefficient (Wildman–Crippen LogP) is 4.44. The van der Waals surface area contributed by atoms with E-state index in [2.05, 4.69) is 34.8 Å². The van der Waals surface area contributed by atoms with E-state index in [1.807, 2.05) is 49.4 Å². The molecule has 5 nitrogen and oxygen atoms in total. The first kappa shape index (κ1) is 19.8. The van der Waals surface area contributed by atoms with E-state index in [9.17, 15) is 9.59 Å². The summed E-state index contributed by atoms with van der Waals surface area (Å²) in [5.74, 6) is -0.277. The van der Waals surface area contributed by atoms with Crippen LogP contribution in [0.3, 0.4) is 0 Å². The highest BCUT2D eigenvalue weighted by atomic mass is 16.2. The van der Waals surface area contributed by atoms with E-state index in [0.717, 1.165) is 40.6 Å². The number of carbonyl (C=O) groups is 2. The molecule has 0 atom stereocenters. The first-order valence-electron chi connectivity index (χ1n) is 10.3. The number of amides is 2. The van der Waals surface area contributed by atoms with Crippen molar-refractivity contribution in [2.75, 3.05) is 11.4 Å². The van der Waals surface area contributed by atoms with Crippen LogP contribution < -0.4 is 10.3 Å². The number of benzene rings is 3. The number of nitrogens with one attached hydrogen (secondary N) is 1. The molecule has 0 spiro atoms. The van der Waals surface area contributed by atoms with Crippen molar-refractivity contribution in [1.29, 1.82) is 0 Å². The van der Waals surface area contributed by atoms with Crippen LogP contribution in [0.15, 0.2) is 71.8 Å². The molecule has 0 bridgehead atoms. The van der Waals surface area contributed by atoms with Crippen molar-refractivity contribution >= 4 is 34.0 Å². The summed E-state index contributed by atoms with van der Waals surface area (Å²) in [6.45, 7) is 2.57. The van der Waals surface area contributed by atoms with Gasteiger partial charge in [0.15, 0.2) is 0 Å². The monoisotopic (exact) mass is 399 g/mol. The van der Waals surface area contributed by atoms with Gasteiger partial charge in [0.2, 0.25) is 11.8 Å². The number of nitrogens with zero attached hydrogens (tertiary/aromatic N) is 2. The molecule has 0 saturated heterocycles. The topological polar surface area (TPSA) is 61.8 Å². The summed E-state index contributed by atoms with van der Waals surface area (Å²) >= 11 is 0. The molecule has 30 heavy (non-hydrogen) atoms. The van der Waals surface area contributed by atoms with Crippen LogP contribution >= 0.6 is 0 Å². The SMILES string of the molecule is C/C(=N\NC(=O)CCC(=O)N1CCCc2ccccc21)c1ccc2ccccc2c1. The number of anilines is 1. The molecule has 0 fully saturated rings. The molecule has 2 amide bonds. The van der Waals surface area contributed by atoms with Crippen LogP contribution in [0.25, 0.3) is 10.8 Å². The second kappa shape index (κ2) is 8.91. The van der Waals surface area contributed by atoms with Crippen LogP contribution in [0.1, 0.15) is 37.3 Å². The number of rotatable bonds is 5. The molecular weight excluding hydrogens is 374 g/mol. The van der Waals surface area contributed by atoms with Gasteiger partial charge < -0.3 is 4.90 Å². The van der Waals surface area contributed by atoms with Crippen molar-refractivity contribution in [3.05, 3.63) is 77.9 Å². The Morgan fingerprint density at radius 3 is 2.60 bits per heavy atom. The average Bonchev–Trinajstić information content (AvgIpc) is 2.80. The summed E-state index contributed by atoms with van der Waals surface area (Å²) in [5.41, 5.74) is 6.43. The highest BCUT2D eigenvalue weighted by Crippen LogP contribution is 2.27. The minimum atomic E-state index is -0.256. The van der Waals surface area contributed by atoms with Gasteiger partial charge in [-0.25, -0.2) is 5.43 Å². The zero-order valence-electron chi connectivity index (χ0n) is 17.1. The quantitative estimate of drug-likeness (QED) is 0.509. The van der Waals surface area contributed by atoms with E-state index in [-0.39, 0.29) is 24.7 Å². The van der Waals surface area contributed by atoms with Gasteiger partial charge in [0.05, 0.1) is 5.71 Å². The molecule has 0 radical (unpaired) electrons. The van der Waals surface area contributed by atoms with Crippen molar-refractivity contribution in [2.45, 2.75) is 32.6 Å². The zero-order chi connectivity index (χ0) is 20.9. The third-order valence-electron chi connectivity index (χ3n) is 5.49. The standard InChI is InChI=1S/C25H25N3O2/c1-18(21-13-12-19-7-2-3-9-22(19)17-21)26-27-24(29)14-15-25(30)28-16-6-10-20-8-4-5-11-23(20)28/h2-5,7-9,11-13,17H,6,10,14-16H2,1H3,(H,27,29)/b26-18+. The zero-order valence-corrected chi connectivity index (χ0v) is 17.1. The van der Waals surface area contributed by atoms with Gasteiger partial charge in [-0.3, -0.25) is 9.59 Å². The molecule has 0 saturated carbocycles. The highest BCUT2D eigenvalue weighted by Gasteiger charge is 2.22. The second-order valence-corrected chi connectivity index (χ2v) is 7.57. The van der Waals surface area contributed by atoms with Crippen LogP contribution in [0.2, 0.25) is 0 Å². The third kappa shape index (κ3) is 4.40. The Kier molecular flexibility index (Phi) is 5.89. The summed E-state index contributed by atoms with van der Waals surface area (Å²) < 4.78 is 0. The molecule has 1 aliphatic heterocycles. The van der Waals surface area contributed by atoms with E-state index in [1.165, 1.54) is 5.56 Å². The van der Waals surface area contributed by atoms with E-state index in [4.69, 9.17) is 0 Å². The molecule has 0 aromatic heterocycles. The maximum Gasteiger partial charge on any atom is 0.240 e. The molecule has 3 aromatic rings. The fraction of sp³-hybridized carbons (Fsp3) is 0.240. The number of para-hydroxylation sites is 1. The molecule has 1 heterocycles. The lowest BCUT2D eigenvalue weighted by molar-refractivity contribution is -0.125. The van der Waals surface area contributed by atoms with Gasteiger partial charge in [0.25, 0.3) is 0 Å². The van der Waals surface area contributed by atoms with Crippen molar-refractivity contribution in [3.8, 4) is 0 Å². The number of carbonyl (C=O) groups excluding carboxylic acids is 2. The molecule has 4 rings (SSSR count). The Morgan fingerprint density at radius 1 is 0.967 bits per heavy atom. The average molecular weight is 399 g/mol. The number of hydrazone groups is 1. The summed E-state index contributed by atoms with van der Waals surface area (Å²) in [6, 6.07) is 22.2. The third-order valence-corrected chi connectivity index (χ3v) is 5.49. The second-order valence-electron chi connectivity index (χ2n) is 7.57. The fourth-order valence-corrected chi connectivity index (χ4v) is 3.83. The van der Waals surface area contributed by atoms with Gasteiger partial charge >= 0.3 is 0 Å². The smallest absolute Gasteiger partial charge is 0.240 e. The number of fused-ring (bicyclic) bond motifs is 2. The Morgan fingerprint density at radius 2 is 1.73 bits per heavy atom. The van der Waals surface area contributed by atoms with E-state index in [1.54, 1.807) is 4.90 Å². The van der Waals surface area contributed by atoms with Gasteiger partial charge in [-0.05, 0) is 53.8 Å². The van der Waals surface area contributed by atoms with Gasteiger partial charge in [0, 0.05) is 25.1 Å². The Balaban J connectivity index is 1.34. The molecule has 0 aliphatic carbocycles. The maximum absolute atomic E-state index is 12.7. The molecule has 152 valence electrons. The van der Waals surface area contributed by atoms with Crippen LogP contribution in [0.5, 0.6) is 0 Å². The molecule has 5 heteroatoms. The van der Waals surface area contributed by atoms with Crippen molar-refractivity contribution in [1.82, 2.24) is 5.43 Å². The maximum atomic E-state index is 12.7.